The largest absolute Gasteiger partial charge is 0.473 e. The molecule has 1 saturated carbocycles. The highest BCUT2D eigenvalue weighted by molar-refractivity contribution is 5.76. The topological polar surface area (TPSA) is 116 Å². The highest BCUT2D eigenvalue weighted by Crippen LogP contribution is 2.27. The molecule has 1 aliphatic carbocycles. The minimum Gasteiger partial charge on any atom is -0.473 e. The van der Waals surface area contributed by atoms with Gasteiger partial charge in [-0.05, 0) is 32.6 Å². The summed E-state index contributed by atoms with van der Waals surface area (Å²) in [5, 5.41) is 10.3. The van der Waals surface area contributed by atoms with Gasteiger partial charge in [-0.3, -0.25) is 0 Å². The van der Waals surface area contributed by atoms with Crippen molar-refractivity contribution >= 4 is 17.1 Å². The number of methoxy groups -OCH3 is 1. The first-order valence-electron chi connectivity index (χ1n) is 8.26. The first-order valence-corrected chi connectivity index (χ1v) is 8.26. The molecule has 8 heteroatoms. The average molecular weight is 333 g/mol. The van der Waals surface area contributed by atoms with Crippen molar-refractivity contribution in [2.24, 2.45) is 0 Å². The van der Waals surface area contributed by atoms with Gasteiger partial charge in [-0.25, -0.2) is 9.97 Å². The van der Waals surface area contributed by atoms with Crippen molar-refractivity contribution in [3.63, 3.8) is 0 Å². The lowest BCUT2D eigenvalue weighted by molar-refractivity contribution is -0.00363. The van der Waals surface area contributed by atoms with E-state index in [0.717, 1.165) is 25.7 Å². The van der Waals surface area contributed by atoms with E-state index in [0.29, 0.717) is 22.7 Å². The molecular formula is C16H23N5O3. The Kier molecular flexibility index (Phi) is 5.06. The highest BCUT2D eigenvalue weighted by atomic mass is 16.5. The molecule has 0 bridgehead atoms. The number of fused-ring (bicyclic) bond motifs is 1. The standard InChI is InChI=1S/C16H23N5O3/c1-9(23-2)13(22)11-8-18-14-12(19-11)15(21-16(17)20-14)24-10-6-4-3-5-7-10/h8-10,13,22H,3-7H2,1-2H3,(H2,17,18,20,21)/t9-,13-/m0/s1. The van der Waals surface area contributed by atoms with E-state index in [-0.39, 0.29) is 12.1 Å². The van der Waals surface area contributed by atoms with E-state index in [1.54, 1.807) is 6.92 Å². The predicted molar refractivity (Wildman–Crippen MR) is 88.5 cm³/mol. The van der Waals surface area contributed by atoms with Crippen LogP contribution in [0.15, 0.2) is 6.20 Å². The number of hydrogen-bond donors (Lipinski definition) is 2. The zero-order chi connectivity index (χ0) is 17.1. The van der Waals surface area contributed by atoms with Crippen LogP contribution in [-0.4, -0.2) is 44.4 Å². The molecule has 2 heterocycles. The van der Waals surface area contributed by atoms with Crippen LogP contribution in [0.1, 0.15) is 50.8 Å². The van der Waals surface area contributed by atoms with Gasteiger partial charge < -0.3 is 20.3 Å². The molecule has 0 spiro atoms. The second-order valence-electron chi connectivity index (χ2n) is 6.12. The summed E-state index contributed by atoms with van der Waals surface area (Å²) < 4.78 is 11.2. The van der Waals surface area contributed by atoms with E-state index in [2.05, 4.69) is 19.9 Å². The number of aliphatic hydroxyl groups excluding tert-OH is 1. The van der Waals surface area contributed by atoms with Crippen LogP contribution < -0.4 is 10.5 Å². The van der Waals surface area contributed by atoms with E-state index in [1.807, 2.05) is 0 Å². The third-order valence-corrected chi connectivity index (χ3v) is 4.36. The number of aromatic nitrogens is 4. The SMILES string of the molecule is CO[C@@H](C)[C@H](O)c1cnc2nc(N)nc(OC3CCCCC3)c2n1. The van der Waals surface area contributed by atoms with Crippen molar-refractivity contribution in [3.8, 4) is 5.88 Å². The van der Waals surface area contributed by atoms with Crippen LogP contribution in [0.4, 0.5) is 5.95 Å². The summed E-state index contributed by atoms with van der Waals surface area (Å²) in [6, 6.07) is 0. The molecule has 24 heavy (non-hydrogen) atoms. The van der Waals surface area contributed by atoms with Gasteiger partial charge in [0.25, 0.3) is 0 Å². The van der Waals surface area contributed by atoms with Crippen LogP contribution >= 0.6 is 0 Å². The van der Waals surface area contributed by atoms with Crippen LogP contribution in [0.5, 0.6) is 5.88 Å². The second kappa shape index (κ2) is 7.23. The van der Waals surface area contributed by atoms with Gasteiger partial charge in [0.15, 0.2) is 11.2 Å². The molecule has 0 amide bonds. The second-order valence-corrected chi connectivity index (χ2v) is 6.12. The molecule has 8 nitrogen and oxygen atoms in total. The predicted octanol–water partition coefficient (Wildman–Crippen LogP) is 1.78. The fourth-order valence-electron chi connectivity index (χ4n) is 2.85. The van der Waals surface area contributed by atoms with Crippen LogP contribution in [-0.2, 0) is 4.74 Å². The molecule has 2 atom stereocenters. The Bertz CT molecular complexity index is 705. The summed E-state index contributed by atoms with van der Waals surface area (Å²) in [6.45, 7) is 1.76. The monoisotopic (exact) mass is 333 g/mol. The number of nitrogen functional groups attached to an aromatic ring is 1. The normalized spacial score (nSPS) is 18.5. The third kappa shape index (κ3) is 3.54. The van der Waals surface area contributed by atoms with E-state index >= 15 is 0 Å². The number of ether oxygens (including phenoxy) is 2. The van der Waals surface area contributed by atoms with E-state index in [4.69, 9.17) is 15.2 Å². The van der Waals surface area contributed by atoms with E-state index in [9.17, 15) is 5.11 Å². The maximum atomic E-state index is 10.3. The van der Waals surface area contributed by atoms with Gasteiger partial charge in [0, 0.05) is 7.11 Å². The van der Waals surface area contributed by atoms with Crippen molar-refractivity contribution in [1.29, 1.82) is 0 Å². The van der Waals surface area contributed by atoms with Crippen LogP contribution in [0.2, 0.25) is 0 Å². The molecular weight excluding hydrogens is 310 g/mol. The Labute approximate surface area is 140 Å². The van der Waals surface area contributed by atoms with Crippen molar-refractivity contribution < 1.29 is 14.6 Å². The maximum Gasteiger partial charge on any atom is 0.247 e. The first-order chi connectivity index (χ1) is 11.6. The molecule has 1 fully saturated rings. The van der Waals surface area contributed by atoms with Gasteiger partial charge >= 0.3 is 0 Å². The molecule has 1 aliphatic rings. The minimum atomic E-state index is -0.896. The average Bonchev–Trinajstić information content (AvgIpc) is 2.61. The van der Waals surface area contributed by atoms with Gasteiger partial charge in [-0.2, -0.15) is 9.97 Å². The Balaban J connectivity index is 1.96. The molecule has 0 aliphatic heterocycles. The fraction of sp³-hybridized carbons (Fsp3) is 0.625. The maximum absolute atomic E-state index is 10.3. The smallest absolute Gasteiger partial charge is 0.247 e. The minimum absolute atomic E-state index is 0.0983. The van der Waals surface area contributed by atoms with Gasteiger partial charge in [0.2, 0.25) is 11.8 Å². The lowest BCUT2D eigenvalue weighted by Crippen LogP contribution is -2.21. The Hall–Kier alpha value is -2.06. The quantitative estimate of drug-likeness (QED) is 0.850. The van der Waals surface area contributed by atoms with E-state index < -0.39 is 12.2 Å². The summed E-state index contributed by atoms with van der Waals surface area (Å²) in [5.74, 6) is 0.428. The number of aliphatic hydroxyl groups is 1. The number of anilines is 1. The summed E-state index contributed by atoms with van der Waals surface area (Å²) in [7, 11) is 1.53. The van der Waals surface area contributed by atoms with Crippen molar-refractivity contribution in [2.45, 2.75) is 57.3 Å². The van der Waals surface area contributed by atoms with Gasteiger partial charge in [0.05, 0.1) is 18.0 Å². The zero-order valence-electron chi connectivity index (χ0n) is 14.0. The first kappa shape index (κ1) is 16.8. The Morgan fingerprint density at radius 1 is 1.21 bits per heavy atom. The molecule has 0 aromatic carbocycles. The van der Waals surface area contributed by atoms with Gasteiger partial charge in [0.1, 0.15) is 12.2 Å². The summed E-state index contributed by atoms with van der Waals surface area (Å²) >= 11 is 0. The van der Waals surface area contributed by atoms with Gasteiger partial charge in [-0.15, -0.1) is 0 Å². The van der Waals surface area contributed by atoms with Crippen molar-refractivity contribution in [2.75, 3.05) is 12.8 Å². The zero-order valence-corrected chi connectivity index (χ0v) is 14.0. The molecule has 0 unspecified atom stereocenters. The Morgan fingerprint density at radius 3 is 2.67 bits per heavy atom. The fourth-order valence-corrected chi connectivity index (χ4v) is 2.85. The number of rotatable bonds is 5. The van der Waals surface area contributed by atoms with Crippen molar-refractivity contribution in [3.05, 3.63) is 11.9 Å². The lowest BCUT2D eigenvalue weighted by Gasteiger charge is -2.23. The molecule has 2 aromatic heterocycles. The van der Waals surface area contributed by atoms with Crippen LogP contribution in [0.3, 0.4) is 0 Å². The molecule has 130 valence electrons. The van der Waals surface area contributed by atoms with Crippen molar-refractivity contribution in [1.82, 2.24) is 19.9 Å². The third-order valence-electron chi connectivity index (χ3n) is 4.36. The van der Waals surface area contributed by atoms with E-state index in [1.165, 1.54) is 19.7 Å². The lowest BCUT2D eigenvalue weighted by atomic mass is 9.98. The molecule has 3 N–H and O–H groups in total. The molecule has 0 saturated heterocycles. The Morgan fingerprint density at radius 2 is 1.96 bits per heavy atom. The highest BCUT2D eigenvalue weighted by Gasteiger charge is 2.22. The van der Waals surface area contributed by atoms with Crippen LogP contribution in [0, 0.1) is 0 Å². The number of hydrogen-bond acceptors (Lipinski definition) is 8. The number of nitrogens with zero attached hydrogens (tertiary/aromatic N) is 4. The summed E-state index contributed by atoms with van der Waals surface area (Å²) in [5.41, 5.74) is 6.91. The number of nitrogens with two attached hydrogens (primary N) is 1. The summed E-state index contributed by atoms with van der Waals surface area (Å²) in [6.07, 6.45) is 5.76. The summed E-state index contributed by atoms with van der Waals surface area (Å²) in [4.78, 5) is 17.0. The molecule has 2 aromatic rings. The molecule has 3 rings (SSSR count). The molecule has 0 radical (unpaired) electrons. The van der Waals surface area contributed by atoms with Crippen LogP contribution in [0.25, 0.3) is 11.2 Å². The van der Waals surface area contributed by atoms with Gasteiger partial charge in [-0.1, -0.05) is 6.42 Å².